The first-order valence-corrected chi connectivity index (χ1v) is 11.7. The predicted octanol–water partition coefficient (Wildman–Crippen LogP) is 1.85. The highest BCUT2D eigenvalue weighted by Crippen LogP contribution is 2.31. The van der Waals surface area contributed by atoms with Gasteiger partial charge in [0.2, 0.25) is 0 Å². The summed E-state index contributed by atoms with van der Waals surface area (Å²) in [5.41, 5.74) is 0.138. The highest BCUT2D eigenvalue weighted by molar-refractivity contribution is 5.89. The molecule has 1 aliphatic heterocycles. The number of aromatic nitrogens is 2. The fourth-order valence-corrected chi connectivity index (χ4v) is 3.65. The lowest BCUT2D eigenvalue weighted by molar-refractivity contribution is -0.153. The van der Waals surface area contributed by atoms with Crippen molar-refractivity contribution in [1.29, 1.82) is 0 Å². The van der Waals surface area contributed by atoms with Crippen molar-refractivity contribution < 1.29 is 42.1 Å². The van der Waals surface area contributed by atoms with Gasteiger partial charge in [0, 0.05) is 62.7 Å². The number of piperazine rings is 1. The van der Waals surface area contributed by atoms with Crippen LogP contribution in [0.5, 0.6) is 5.75 Å². The van der Waals surface area contributed by atoms with Crippen LogP contribution in [0.4, 0.5) is 23.2 Å². The Hall–Kier alpha value is -4.14. The number of hydrogen-bond donors (Lipinski definition) is 3. The molecular formula is C24H28F4N4O7. The van der Waals surface area contributed by atoms with E-state index in [4.69, 9.17) is 14.9 Å². The van der Waals surface area contributed by atoms with E-state index in [1.807, 2.05) is 4.90 Å². The Kier molecular flexibility index (Phi) is 11.3. The van der Waals surface area contributed by atoms with Crippen molar-refractivity contribution in [2.75, 3.05) is 44.2 Å². The second-order valence-electron chi connectivity index (χ2n) is 8.44. The topological polar surface area (TPSA) is 145 Å². The lowest BCUT2D eigenvalue weighted by Gasteiger charge is -2.36. The molecule has 2 heterocycles. The standard InChI is InChI=1S/C20H24F4N4O3.C4H4O4/c1-14-12-25-19(30)28(18(14)29)6-2-5-26-7-9-27(10-8-26)16-4-3-15(21)11-17(16)31-13-20(22,23)24;5-3(6)1-2-4(7)8/h3-4,11-12H,2,5-10,13H2,1H3,(H,25,30);1-2H,(H,5,6)(H,7,8)/b;2-1+. The number of carbonyl (C=O) groups is 2. The second kappa shape index (κ2) is 14.1. The number of nitrogens with one attached hydrogen (secondary N) is 1. The van der Waals surface area contributed by atoms with Gasteiger partial charge in [0.25, 0.3) is 5.56 Å². The molecule has 39 heavy (non-hydrogen) atoms. The fraction of sp³-hybridized carbons (Fsp3) is 0.417. The largest absolute Gasteiger partial charge is 0.482 e. The number of ether oxygens (including phenoxy) is 1. The molecule has 15 heteroatoms. The molecule has 0 unspecified atom stereocenters. The van der Waals surface area contributed by atoms with Crippen molar-refractivity contribution in [3.8, 4) is 5.75 Å². The molecule has 3 rings (SSSR count). The van der Waals surface area contributed by atoms with Crippen LogP contribution in [0.1, 0.15) is 12.0 Å². The Morgan fingerprint density at radius 3 is 2.23 bits per heavy atom. The lowest BCUT2D eigenvalue weighted by atomic mass is 10.2. The second-order valence-corrected chi connectivity index (χ2v) is 8.44. The van der Waals surface area contributed by atoms with Crippen LogP contribution in [-0.4, -0.2) is 82.1 Å². The Labute approximate surface area is 219 Å². The summed E-state index contributed by atoms with van der Waals surface area (Å²) in [6.45, 7) is 3.43. The third kappa shape index (κ3) is 10.6. The van der Waals surface area contributed by atoms with E-state index in [-0.39, 0.29) is 11.3 Å². The third-order valence-electron chi connectivity index (χ3n) is 5.49. The van der Waals surface area contributed by atoms with E-state index >= 15 is 0 Å². The van der Waals surface area contributed by atoms with Crippen molar-refractivity contribution in [3.63, 3.8) is 0 Å². The maximum atomic E-state index is 13.5. The minimum atomic E-state index is -4.51. The summed E-state index contributed by atoms with van der Waals surface area (Å²) in [6, 6.07) is 3.58. The monoisotopic (exact) mass is 560 g/mol. The molecule has 0 radical (unpaired) electrons. The number of halogens is 4. The molecule has 2 aromatic rings. The SMILES string of the molecule is Cc1c[nH]c(=O)n(CCCN2CCN(c3ccc(F)cc3OCC(F)(F)F)CC2)c1=O.O=C(O)/C=C/C(=O)O. The van der Waals surface area contributed by atoms with E-state index in [0.717, 1.165) is 6.07 Å². The Balaban J connectivity index is 0.000000580. The van der Waals surface area contributed by atoms with Gasteiger partial charge in [-0.25, -0.2) is 18.8 Å². The van der Waals surface area contributed by atoms with Crippen LogP contribution in [0.2, 0.25) is 0 Å². The zero-order valence-corrected chi connectivity index (χ0v) is 20.9. The molecule has 11 nitrogen and oxygen atoms in total. The molecule has 0 bridgehead atoms. The van der Waals surface area contributed by atoms with Crippen molar-refractivity contribution >= 4 is 17.6 Å². The van der Waals surface area contributed by atoms with Crippen molar-refractivity contribution in [2.24, 2.45) is 0 Å². The molecule has 1 aromatic carbocycles. The van der Waals surface area contributed by atoms with Gasteiger partial charge in [-0.3, -0.25) is 14.3 Å². The van der Waals surface area contributed by atoms with Gasteiger partial charge in [-0.1, -0.05) is 0 Å². The van der Waals surface area contributed by atoms with Crippen LogP contribution in [0.25, 0.3) is 0 Å². The van der Waals surface area contributed by atoms with Crippen LogP contribution in [0.3, 0.4) is 0 Å². The zero-order chi connectivity index (χ0) is 29.2. The quantitative estimate of drug-likeness (QED) is 0.309. The van der Waals surface area contributed by atoms with Crippen LogP contribution in [0, 0.1) is 12.7 Å². The molecule has 0 atom stereocenters. The molecule has 1 saturated heterocycles. The van der Waals surface area contributed by atoms with E-state index in [0.29, 0.717) is 69.1 Å². The number of aliphatic carboxylic acids is 2. The van der Waals surface area contributed by atoms with Crippen LogP contribution in [0.15, 0.2) is 46.1 Å². The molecule has 0 aliphatic carbocycles. The molecule has 0 spiro atoms. The first kappa shape index (κ1) is 31.1. The van der Waals surface area contributed by atoms with Crippen LogP contribution >= 0.6 is 0 Å². The molecule has 1 aliphatic rings. The number of benzene rings is 1. The van der Waals surface area contributed by atoms with Crippen molar-refractivity contribution in [3.05, 3.63) is 68.8 Å². The van der Waals surface area contributed by atoms with Crippen LogP contribution in [-0.2, 0) is 16.1 Å². The summed E-state index contributed by atoms with van der Waals surface area (Å²) in [5.74, 6) is -3.32. The van der Waals surface area contributed by atoms with Gasteiger partial charge >= 0.3 is 23.8 Å². The summed E-state index contributed by atoms with van der Waals surface area (Å²) >= 11 is 0. The van der Waals surface area contributed by atoms with Crippen LogP contribution < -0.4 is 20.9 Å². The summed E-state index contributed by atoms with van der Waals surface area (Å²) < 4.78 is 57.0. The Morgan fingerprint density at radius 2 is 1.67 bits per heavy atom. The average molecular weight is 561 g/mol. The highest BCUT2D eigenvalue weighted by atomic mass is 19.4. The smallest absolute Gasteiger partial charge is 0.422 e. The van der Waals surface area contributed by atoms with Gasteiger partial charge in [0.1, 0.15) is 11.6 Å². The van der Waals surface area contributed by atoms with E-state index in [1.165, 1.54) is 22.9 Å². The summed E-state index contributed by atoms with van der Waals surface area (Å²) in [7, 11) is 0. The highest BCUT2D eigenvalue weighted by Gasteiger charge is 2.29. The number of anilines is 1. The number of aryl methyl sites for hydroxylation is 1. The minimum Gasteiger partial charge on any atom is -0.482 e. The lowest BCUT2D eigenvalue weighted by Crippen LogP contribution is -2.47. The maximum absolute atomic E-state index is 13.5. The van der Waals surface area contributed by atoms with Gasteiger partial charge in [-0.15, -0.1) is 0 Å². The minimum absolute atomic E-state index is 0.135. The van der Waals surface area contributed by atoms with E-state index in [1.54, 1.807) is 6.92 Å². The number of aromatic amines is 1. The maximum Gasteiger partial charge on any atom is 0.422 e. The first-order valence-electron chi connectivity index (χ1n) is 11.7. The van der Waals surface area contributed by atoms with E-state index in [9.17, 15) is 36.7 Å². The number of carboxylic acid groups (broad SMARTS) is 2. The molecule has 214 valence electrons. The average Bonchev–Trinajstić information content (AvgIpc) is 2.86. The van der Waals surface area contributed by atoms with E-state index in [2.05, 4.69) is 9.88 Å². The molecule has 0 saturated carbocycles. The molecule has 1 fully saturated rings. The van der Waals surface area contributed by atoms with E-state index < -0.39 is 36.2 Å². The predicted molar refractivity (Wildman–Crippen MR) is 132 cm³/mol. The summed E-state index contributed by atoms with van der Waals surface area (Å²) in [5, 5.41) is 15.6. The normalized spacial score (nSPS) is 14.1. The van der Waals surface area contributed by atoms with Gasteiger partial charge in [-0.05, 0) is 32.0 Å². The number of alkyl halides is 3. The van der Waals surface area contributed by atoms with Crippen molar-refractivity contribution in [1.82, 2.24) is 14.5 Å². The summed E-state index contributed by atoms with van der Waals surface area (Å²) in [4.78, 5) is 49.5. The van der Waals surface area contributed by atoms with Gasteiger partial charge in [0.15, 0.2) is 6.61 Å². The molecule has 3 N–H and O–H groups in total. The fourth-order valence-electron chi connectivity index (χ4n) is 3.65. The number of carboxylic acids is 2. The Bertz CT molecular complexity index is 1270. The number of rotatable bonds is 9. The first-order chi connectivity index (χ1) is 18.3. The van der Waals surface area contributed by atoms with Gasteiger partial charge < -0.3 is 24.8 Å². The number of nitrogens with zero attached hydrogens (tertiary/aromatic N) is 3. The summed E-state index contributed by atoms with van der Waals surface area (Å²) in [6.07, 6.45) is -1.40. The Morgan fingerprint density at radius 1 is 1.05 bits per heavy atom. The number of hydrogen-bond acceptors (Lipinski definition) is 7. The zero-order valence-electron chi connectivity index (χ0n) is 20.9. The molecular weight excluding hydrogens is 532 g/mol. The van der Waals surface area contributed by atoms with Gasteiger partial charge in [-0.2, -0.15) is 13.2 Å². The van der Waals surface area contributed by atoms with Crippen molar-refractivity contribution in [2.45, 2.75) is 26.1 Å². The number of H-pyrrole nitrogens is 1. The molecule has 1 aromatic heterocycles. The molecule has 0 amide bonds. The van der Waals surface area contributed by atoms with Gasteiger partial charge in [0.05, 0.1) is 5.69 Å². The third-order valence-corrected chi connectivity index (χ3v) is 5.49.